The minimum Gasteiger partial charge on any atom is -0.368 e. The van der Waals surface area contributed by atoms with Gasteiger partial charge in [-0.3, -0.25) is 4.90 Å². The standard InChI is InChI=1S/C15H18N4/c1-15(2,12-17)19-9-7-18(8-10-19)14-6-4-3-5-13(14)11-16/h3-6H,7-10H2,1-2H3. The van der Waals surface area contributed by atoms with Crippen LogP contribution in [-0.4, -0.2) is 36.6 Å². The molecular formula is C15H18N4. The maximum Gasteiger partial charge on any atom is 0.103 e. The number of nitriles is 2. The van der Waals surface area contributed by atoms with E-state index in [0.717, 1.165) is 37.4 Å². The van der Waals surface area contributed by atoms with Crippen molar-refractivity contribution in [3.8, 4) is 12.1 Å². The Morgan fingerprint density at radius 2 is 1.68 bits per heavy atom. The van der Waals surface area contributed by atoms with Gasteiger partial charge in [0.25, 0.3) is 0 Å². The van der Waals surface area contributed by atoms with Crippen LogP contribution in [0.1, 0.15) is 19.4 Å². The molecule has 1 aromatic carbocycles. The number of hydrogen-bond acceptors (Lipinski definition) is 4. The van der Waals surface area contributed by atoms with Crippen LogP contribution in [0.5, 0.6) is 0 Å². The van der Waals surface area contributed by atoms with Gasteiger partial charge in [0.1, 0.15) is 11.6 Å². The molecular weight excluding hydrogens is 236 g/mol. The molecule has 1 aliphatic rings. The third kappa shape index (κ3) is 2.70. The number of anilines is 1. The average molecular weight is 254 g/mol. The summed E-state index contributed by atoms with van der Waals surface area (Å²) in [4.78, 5) is 4.42. The van der Waals surface area contributed by atoms with Gasteiger partial charge in [-0.15, -0.1) is 0 Å². The second-order valence-corrected chi connectivity index (χ2v) is 5.27. The van der Waals surface area contributed by atoms with E-state index in [9.17, 15) is 0 Å². The number of piperazine rings is 1. The second kappa shape index (κ2) is 5.30. The summed E-state index contributed by atoms with van der Waals surface area (Å²) in [6.07, 6.45) is 0. The Morgan fingerprint density at radius 3 is 2.26 bits per heavy atom. The smallest absolute Gasteiger partial charge is 0.103 e. The highest BCUT2D eigenvalue weighted by molar-refractivity contribution is 5.59. The van der Waals surface area contributed by atoms with Crippen LogP contribution in [0, 0.1) is 22.7 Å². The molecule has 0 aromatic heterocycles. The van der Waals surface area contributed by atoms with Gasteiger partial charge in [-0.2, -0.15) is 10.5 Å². The summed E-state index contributed by atoms with van der Waals surface area (Å²) in [5.74, 6) is 0. The first-order chi connectivity index (χ1) is 9.08. The van der Waals surface area contributed by atoms with E-state index in [1.165, 1.54) is 0 Å². The van der Waals surface area contributed by atoms with E-state index in [-0.39, 0.29) is 0 Å². The van der Waals surface area contributed by atoms with Crippen LogP contribution in [0.2, 0.25) is 0 Å². The molecule has 1 aromatic rings. The minimum atomic E-state index is -0.416. The Bertz CT molecular complexity index is 528. The van der Waals surface area contributed by atoms with Crippen LogP contribution in [0.3, 0.4) is 0 Å². The summed E-state index contributed by atoms with van der Waals surface area (Å²) in [7, 11) is 0. The van der Waals surface area contributed by atoms with Crippen molar-refractivity contribution >= 4 is 5.69 Å². The minimum absolute atomic E-state index is 0.416. The second-order valence-electron chi connectivity index (χ2n) is 5.27. The largest absolute Gasteiger partial charge is 0.368 e. The highest BCUT2D eigenvalue weighted by atomic mass is 15.3. The molecule has 1 aliphatic heterocycles. The summed E-state index contributed by atoms with van der Waals surface area (Å²) < 4.78 is 0. The summed E-state index contributed by atoms with van der Waals surface area (Å²) in [5, 5.41) is 18.3. The van der Waals surface area contributed by atoms with Gasteiger partial charge in [0.15, 0.2) is 0 Å². The first-order valence-electron chi connectivity index (χ1n) is 6.49. The van der Waals surface area contributed by atoms with Crippen LogP contribution >= 0.6 is 0 Å². The predicted octanol–water partition coefficient (Wildman–Crippen LogP) is 1.98. The first kappa shape index (κ1) is 13.4. The van der Waals surface area contributed by atoms with Crippen molar-refractivity contribution in [1.29, 1.82) is 10.5 Å². The topological polar surface area (TPSA) is 54.1 Å². The molecule has 1 saturated heterocycles. The molecule has 2 rings (SSSR count). The lowest BCUT2D eigenvalue weighted by Crippen LogP contribution is -2.54. The molecule has 4 heteroatoms. The lowest BCUT2D eigenvalue weighted by atomic mass is 10.0. The van der Waals surface area contributed by atoms with Crippen molar-refractivity contribution in [3.05, 3.63) is 29.8 Å². The zero-order chi connectivity index (χ0) is 13.9. The SMILES string of the molecule is CC(C)(C#N)N1CCN(c2ccccc2C#N)CC1. The summed E-state index contributed by atoms with van der Waals surface area (Å²) in [6.45, 7) is 7.30. The molecule has 0 saturated carbocycles. The molecule has 0 unspecified atom stereocenters. The number of benzene rings is 1. The van der Waals surface area contributed by atoms with Crippen LogP contribution in [-0.2, 0) is 0 Å². The van der Waals surface area contributed by atoms with Crippen LogP contribution in [0.4, 0.5) is 5.69 Å². The molecule has 0 N–H and O–H groups in total. The van der Waals surface area contributed by atoms with E-state index in [1.807, 2.05) is 38.1 Å². The Morgan fingerprint density at radius 1 is 1.05 bits per heavy atom. The first-order valence-corrected chi connectivity index (χ1v) is 6.49. The van der Waals surface area contributed by atoms with Gasteiger partial charge in [-0.25, -0.2) is 0 Å². The van der Waals surface area contributed by atoms with Crippen LogP contribution < -0.4 is 4.90 Å². The lowest BCUT2D eigenvalue weighted by molar-refractivity contribution is 0.158. The molecule has 0 bridgehead atoms. The van der Waals surface area contributed by atoms with Gasteiger partial charge in [-0.05, 0) is 26.0 Å². The van der Waals surface area contributed by atoms with Gasteiger partial charge >= 0.3 is 0 Å². The van der Waals surface area contributed by atoms with E-state index >= 15 is 0 Å². The number of nitrogens with zero attached hydrogens (tertiary/aromatic N) is 4. The Kier molecular flexibility index (Phi) is 3.74. The van der Waals surface area contributed by atoms with E-state index in [4.69, 9.17) is 10.5 Å². The number of para-hydroxylation sites is 1. The van der Waals surface area contributed by atoms with Crippen molar-refractivity contribution in [2.24, 2.45) is 0 Å². The van der Waals surface area contributed by atoms with Crippen LogP contribution in [0.25, 0.3) is 0 Å². The Hall–Kier alpha value is -2.04. The Balaban J connectivity index is 2.09. The maximum absolute atomic E-state index is 9.16. The Labute approximate surface area is 114 Å². The van der Waals surface area contributed by atoms with E-state index < -0.39 is 5.54 Å². The van der Waals surface area contributed by atoms with Gasteiger partial charge in [0, 0.05) is 26.2 Å². The molecule has 0 aliphatic carbocycles. The summed E-state index contributed by atoms with van der Waals surface area (Å²) >= 11 is 0. The fourth-order valence-electron chi connectivity index (χ4n) is 2.42. The third-order valence-corrected chi connectivity index (χ3v) is 3.71. The number of rotatable bonds is 2. The van der Waals surface area contributed by atoms with Crippen molar-refractivity contribution in [2.75, 3.05) is 31.1 Å². The molecule has 1 heterocycles. The third-order valence-electron chi connectivity index (χ3n) is 3.71. The monoisotopic (exact) mass is 254 g/mol. The van der Waals surface area contributed by atoms with Crippen molar-refractivity contribution in [2.45, 2.75) is 19.4 Å². The quantitative estimate of drug-likeness (QED) is 0.810. The van der Waals surface area contributed by atoms with Gasteiger partial charge in [0.2, 0.25) is 0 Å². The molecule has 0 amide bonds. The normalized spacial score (nSPS) is 16.7. The molecule has 0 atom stereocenters. The van der Waals surface area contributed by atoms with Gasteiger partial charge in [-0.1, -0.05) is 12.1 Å². The average Bonchev–Trinajstić information content (AvgIpc) is 2.47. The molecule has 0 spiro atoms. The molecule has 98 valence electrons. The fourth-order valence-corrected chi connectivity index (χ4v) is 2.42. The predicted molar refractivity (Wildman–Crippen MR) is 74.6 cm³/mol. The molecule has 19 heavy (non-hydrogen) atoms. The highest BCUT2D eigenvalue weighted by Gasteiger charge is 2.30. The molecule has 1 fully saturated rings. The zero-order valence-electron chi connectivity index (χ0n) is 11.4. The fraction of sp³-hybridized carbons (Fsp3) is 0.467. The van der Waals surface area contributed by atoms with Gasteiger partial charge in [0.05, 0.1) is 17.3 Å². The maximum atomic E-state index is 9.16. The van der Waals surface area contributed by atoms with E-state index in [1.54, 1.807) is 0 Å². The van der Waals surface area contributed by atoms with E-state index in [2.05, 4.69) is 21.9 Å². The highest BCUT2D eigenvalue weighted by Crippen LogP contribution is 2.23. The molecule has 0 radical (unpaired) electrons. The van der Waals surface area contributed by atoms with Crippen molar-refractivity contribution in [1.82, 2.24) is 4.90 Å². The number of hydrogen-bond donors (Lipinski definition) is 0. The summed E-state index contributed by atoms with van der Waals surface area (Å²) in [5.41, 5.74) is 1.30. The van der Waals surface area contributed by atoms with Gasteiger partial charge < -0.3 is 4.90 Å². The lowest BCUT2D eigenvalue weighted by Gasteiger charge is -2.41. The van der Waals surface area contributed by atoms with E-state index in [0.29, 0.717) is 0 Å². The van der Waals surface area contributed by atoms with Crippen molar-refractivity contribution < 1.29 is 0 Å². The van der Waals surface area contributed by atoms with Crippen LogP contribution in [0.15, 0.2) is 24.3 Å². The molecule has 4 nitrogen and oxygen atoms in total. The zero-order valence-corrected chi connectivity index (χ0v) is 11.4. The summed E-state index contributed by atoms with van der Waals surface area (Å²) in [6, 6.07) is 12.3. The van der Waals surface area contributed by atoms with Crippen molar-refractivity contribution in [3.63, 3.8) is 0 Å².